The van der Waals surface area contributed by atoms with Gasteiger partial charge < -0.3 is 24.6 Å². The number of hydrogen-bond acceptors (Lipinski definition) is 6. The monoisotopic (exact) mass is 495 g/mol. The van der Waals surface area contributed by atoms with Gasteiger partial charge in [-0.25, -0.2) is 4.79 Å². The van der Waals surface area contributed by atoms with E-state index in [0.29, 0.717) is 49.8 Å². The Morgan fingerprint density at radius 2 is 1.75 bits per heavy atom. The molecule has 4 rings (SSSR count). The minimum Gasteiger partial charge on any atom is -0.497 e. The number of likely N-dealkylation sites (tertiary alicyclic amines) is 1. The Morgan fingerprint density at radius 1 is 1.00 bits per heavy atom. The fraction of sp³-hybridized carbons (Fsp3) is 0.519. The van der Waals surface area contributed by atoms with Gasteiger partial charge in [-0.05, 0) is 44.0 Å². The predicted octanol–water partition coefficient (Wildman–Crippen LogP) is 3.21. The van der Waals surface area contributed by atoms with Crippen molar-refractivity contribution in [3.8, 4) is 5.75 Å². The minimum absolute atomic E-state index is 0.0575. The van der Waals surface area contributed by atoms with Gasteiger partial charge >= 0.3 is 6.03 Å². The van der Waals surface area contributed by atoms with Gasteiger partial charge in [0, 0.05) is 76.3 Å². The average molecular weight is 496 g/mol. The molecule has 2 aliphatic rings. The minimum atomic E-state index is -0.124. The number of hydrogen-bond donors (Lipinski definition) is 1. The first-order chi connectivity index (χ1) is 17.5. The summed E-state index contributed by atoms with van der Waals surface area (Å²) in [4.78, 5) is 37.2. The summed E-state index contributed by atoms with van der Waals surface area (Å²) in [7, 11) is 3.32. The van der Waals surface area contributed by atoms with Crippen LogP contribution in [0.2, 0.25) is 0 Å². The van der Waals surface area contributed by atoms with Crippen molar-refractivity contribution in [3.05, 3.63) is 53.3 Å². The van der Waals surface area contributed by atoms with E-state index in [0.717, 1.165) is 43.9 Å². The van der Waals surface area contributed by atoms with Crippen molar-refractivity contribution in [1.82, 2.24) is 19.7 Å². The van der Waals surface area contributed by atoms with Gasteiger partial charge in [-0.2, -0.15) is 0 Å². The predicted molar refractivity (Wildman–Crippen MR) is 139 cm³/mol. The summed E-state index contributed by atoms with van der Waals surface area (Å²) in [5.74, 6) is 0.903. The average Bonchev–Trinajstić information content (AvgIpc) is 2.92. The summed E-state index contributed by atoms with van der Waals surface area (Å²) >= 11 is 0. The third-order valence-electron chi connectivity index (χ3n) is 7.06. The van der Waals surface area contributed by atoms with Crippen LogP contribution in [0.4, 0.5) is 10.5 Å². The highest BCUT2D eigenvalue weighted by molar-refractivity contribution is 5.95. The smallest absolute Gasteiger partial charge is 0.321 e. The summed E-state index contributed by atoms with van der Waals surface area (Å²) < 4.78 is 10.4. The molecule has 36 heavy (non-hydrogen) atoms. The van der Waals surface area contributed by atoms with Crippen molar-refractivity contribution >= 4 is 17.6 Å². The van der Waals surface area contributed by atoms with Crippen molar-refractivity contribution in [2.75, 3.05) is 72.0 Å². The molecule has 2 fully saturated rings. The fourth-order valence-corrected chi connectivity index (χ4v) is 4.89. The molecule has 0 atom stereocenters. The second-order valence-electron chi connectivity index (χ2n) is 9.44. The van der Waals surface area contributed by atoms with E-state index in [9.17, 15) is 9.59 Å². The lowest BCUT2D eigenvalue weighted by molar-refractivity contribution is 0.0591. The highest BCUT2D eigenvalue weighted by Crippen LogP contribution is 2.30. The first-order valence-electron chi connectivity index (χ1n) is 12.7. The molecule has 1 aromatic carbocycles. The van der Waals surface area contributed by atoms with Gasteiger partial charge in [-0.15, -0.1) is 0 Å². The number of nitrogens with one attached hydrogen (secondary N) is 1. The standard InChI is InChI=1S/C27H37N5O4/c1-20-7-8-24(26(33)31-15-13-30(14-16-31)17-18-35-2)25(28-20)21-9-11-32(12-10-21)27(34)29-22-5-4-6-23(19-22)36-3/h4-8,19,21H,9-18H2,1-3H3,(H,29,34). The largest absolute Gasteiger partial charge is 0.497 e. The molecular weight excluding hydrogens is 458 g/mol. The molecule has 0 bridgehead atoms. The number of carbonyl (C=O) groups is 2. The molecule has 2 aromatic rings. The summed E-state index contributed by atoms with van der Waals surface area (Å²) in [6, 6.07) is 11.1. The number of nitrogens with zero attached hydrogens (tertiary/aromatic N) is 4. The molecule has 0 unspecified atom stereocenters. The maximum Gasteiger partial charge on any atom is 0.321 e. The molecule has 1 N–H and O–H groups in total. The number of aromatic nitrogens is 1. The van der Waals surface area contributed by atoms with E-state index >= 15 is 0 Å². The van der Waals surface area contributed by atoms with Gasteiger partial charge in [0.25, 0.3) is 5.91 Å². The number of aryl methyl sites for hydroxylation is 1. The number of pyridine rings is 1. The van der Waals surface area contributed by atoms with Crippen LogP contribution in [0.15, 0.2) is 36.4 Å². The van der Waals surface area contributed by atoms with Gasteiger partial charge in [0.1, 0.15) is 5.75 Å². The van der Waals surface area contributed by atoms with E-state index in [1.165, 1.54) is 0 Å². The topological polar surface area (TPSA) is 87.2 Å². The maximum atomic E-state index is 13.5. The van der Waals surface area contributed by atoms with Crippen molar-refractivity contribution in [2.45, 2.75) is 25.7 Å². The molecule has 9 heteroatoms. The first kappa shape index (κ1) is 25.9. The molecule has 0 aliphatic carbocycles. The lowest BCUT2D eigenvalue weighted by Gasteiger charge is -2.36. The number of benzene rings is 1. The first-order valence-corrected chi connectivity index (χ1v) is 12.7. The van der Waals surface area contributed by atoms with Crippen LogP contribution in [0.1, 0.15) is 40.5 Å². The normalized spacial score (nSPS) is 17.2. The number of methoxy groups -OCH3 is 2. The van der Waals surface area contributed by atoms with E-state index in [1.54, 1.807) is 20.3 Å². The van der Waals surface area contributed by atoms with E-state index < -0.39 is 0 Å². The highest BCUT2D eigenvalue weighted by Gasteiger charge is 2.30. The van der Waals surface area contributed by atoms with Crippen molar-refractivity contribution in [3.63, 3.8) is 0 Å². The van der Waals surface area contributed by atoms with Crippen LogP contribution in [-0.4, -0.2) is 98.3 Å². The van der Waals surface area contributed by atoms with Crippen LogP contribution in [0, 0.1) is 6.92 Å². The number of amides is 3. The molecule has 194 valence electrons. The molecule has 2 saturated heterocycles. The number of piperazine rings is 1. The molecular formula is C27H37N5O4. The maximum absolute atomic E-state index is 13.5. The van der Waals surface area contributed by atoms with Crippen LogP contribution < -0.4 is 10.1 Å². The second kappa shape index (κ2) is 12.2. The van der Waals surface area contributed by atoms with Crippen molar-refractivity contribution in [1.29, 1.82) is 0 Å². The van der Waals surface area contributed by atoms with Gasteiger partial charge in [-0.3, -0.25) is 14.7 Å². The molecule has 0 radical (unpaired) electrons. The van der Waals surface area contributed by atoms with Crippen molar-refractivity contribution < 1.29 is 19.1 Å². The molecule has 9 nitrogen and oxygen atoms in total. The number of carbonyl (C=O) groups excluding carboxylic acids is 2. The number of rotatable bonds is 7. The van der Waals surface area contributed by atoms with Crippen LogP contribution in [0.25, 0.3) is 0 Å². The van der Waals surface area contributed by atoms with Crippen LogP contribution in [0.5, 0.6) is 5.75 Å². The number of urea groups is 1. The molecule has 3 amide bonds. The second-order valence-corrected chi connectivity index (χ2v) is 9.44. The number of piperidine rings is 1. The molecule has 0 spiro atoms. The quantitative estimate of drug-likeness (QED) is 0.635. The van der Waals surface area contributed by atoms with Crippen LogP contribution in [-0.2, 0) is 4.74 Å². The molecule has 2 aliphatic heterocycles. The van der Waals surface area contributed by atoms with Gasteiger partial charge in [-0.1, -0.05) is 6.07 Å². The Hall–Kier alpha value is -3.17. The third-order valence-corrected chi connectivity index (χ3v) is 7.06. The van der Waals surface area contributed by atoms with Gasteiger partial charge in [0.15, 0.2) is 0 Å². The van der Waals surface area contributed by atoms with E-state index in [2.05, 4.69) is 10.2 Å². The summed E-state index contributed by atoms with van der Waals surface area (Å²) in [5.41, 5.74) is 3.18. The summed E-state index contributed by atoms with van der Waals surface area (Å²) in [5, 5.41) is 2.96. The Labute approximate surface area is 213 Å². The lowest BCUT2D eigenvalue weighted by Crippen LogP contribution is -2.49. The van der Waals surface area contributed by atoms with E-state index in [4.69, 9.17) is 14.5 Å². The highest BCUT2D eigenvalue weighted by atomic mass is 16.5. The molecule has 0 saturated carbocycles. The fourth-order valence-electron chi connectivity index (χ4n) is 4.89. The van der Waals surface area contributed by atoms with E-state index in [1.807, 2.05) is 47.1 Å². The number of ether oxygens (including phenoxy) is 2. The zero-order valence-corrected chi connectivity index (χ0v) is 21.5. The summed E-state index contributed by atoms with van der Waals surface area (Å²) in [6.07, 6.45) is 1.54. The van der Waals surface area contributed by atoms with Gasteiger partial charge in [0.05, 0.1) is 25.0 Å². The summed E-state index contributed by atoms with van der Waals surface area (Å²) in [6.45, 7) is 7.90. The van der Waals surface area contributed by atoms with Crippen LogP contribution in [0.3, 0.4) is 0 Å². The van der Waals surface area contributed by atoms with Crippen molar-refractivity contribution in [2.24, 2.45) is 0 Å². The number of anilines is 1. The van der Waals surface area contributed by atoms with E-state index in [-0.39, 0.29) is 17.9 Å². The zero-order valence-electron chi connectivity index (χ0n) is 21.5. The molecule has 3 heterocycles. The Balaban J connectivity index is 1.37. The van der Waals surface area contributed by atoms with Gasteiger partial charge in [0.2, 0.25) is 0 Å². The zero-order chi connectivity index (χ0) is 25.5. The third kappa shape index (κ3) is 6.33. The van der Waals surface area contributed by atoms with Crippen LogP contribution >= 0.6 is 0 Å². The SMILES string of the molecule is COCCN1CCN(C(=O)c2ccc(C)nc2C2CCN(C(=O)Nc3cccc(OC)c3)CC2)CC1. The Kier molecular flexibility index (Phi) is 8.77. The lowest BCUT2D eigenvalue weighted by atomic mass is 9.89. The molecule has 1 aromatic heterocycles. The Bertz CT molecular complexity index is 1050. The Morgan fingerprint density at radius 3 is 2.44 bits per heavy atom.